The Bertz CT molecular complexity index is 1040. The molecule has 28 heavy (non-hydrogen) atoms. The fourth-order valence-corrected chi connectivity index (χ4v) is 3.49. The molecular weight excluding hydrogens is 362 g/mol. The average molecular weight is 389 g/mol. The smallest absolute Gasteiger partial charge is 0.332 e. The summed E-state index contributed by atoms with van der Waals surface area (Å²) >= 11 is 0. The zero-order chi connectivity index (χ0) is 20.4. The summed E-state index contributed by atoms with van der Waals surface area (Å²) in [7, 11) is 1.59. The molecule has 0 amide bonds. The van der Waals surface area contributed by atoms with Crippen LogP contribution in [-0.2, 0) is 20.1 Å². The van der Waals surface area contributed by atoms with Gasteiger partial charge in [-0.3, -0.25) is 23.5 Å². The number of allylic oxidation sites excluding steroid dienone is 1. The molecule has 1 aliphatic rings. The van der Waals surface area contributed by atoms with Gasteiger partial charge in [-0.25, -0.2) is 4.79 Å². The van der Waals surface area contributed by atoms with Crippen molar-refractivity contribution in [3.8, 4) is 6.01 Å². The quantitative estimate of drug-likeness (QED) is 0.751. The van der Waals surface area contributed by atoms with Crippen molar-refractivity contribution >= 4 is 16.9 Å². The molecule has 9 heteroatoms. The third-order valence-corrected chi connectivity index (χ3v) is 5.02. The van der Waals surface area contributed by atoms with Gasteiger partial charge in [0.1, 0.15) is 0 Å². The van der Waals surface area contributed by atoms with Gasteiger partial charge in [0, 0.05) is 38.4 Å². The van der Waals surface area contributed by atoms with E-state index in [2.05, 4.69) is 16.1 Å². The summed E-state index contributed by atoms with van der Waals surface area (Å²) in [5, 5.41) is 9.11. The van der Waals surface area contributed by atoms with Crippen molar-refractivity contribution in [3.05, 3.63) is 33.0 Å². The summed E-state index contributed by atoms with van der Waals surface area (Å²) in [6.45, 7) is 6.74. The first kappa shape index (κ1) is 20.1. The van der Waals surface area contributed by atoms with E-state index in [0.29, 0.717) is 36.7 Å². The van der Waals surface area contributed by atoms with Crippen LogP contribution < -0.4 is 16.0 Å². The molecule has 0 saturated carbocycles. The van der Waals surface area contributed by atoms with Crippen LogP contribution in [0.5, 0.6) is 6.01 Å². The standard InChI is InChI=1S/C19H27N5O4/c1-5-28-18-21-16-15(17(26)23(9-6-10-25)19(27)22(16)4)24(18)11-14-8-7-12(2)20-13(14)3/h7-8,13-14,25H,5-6,9-11H2,1-4H3. The molecule has 0 radical (unpaired) electrons. The van der Waals surface area contributed by atoms with E-state index in [0.717, 1.165) is 10.3 Å². The lowest BCUT2D eigenvalue weighted by Gasteiger charge is -2.23. The van der Waals surface area contributed by atoms with E-state index in [1.807, 2.05) is 26.8 Å². The first-order valence-electron chi connectivity index (χ1n) is 9.55. The number of aryl methyl sites for hydroxylation is 1. The zero-order valence-corrected chi connectivity index (χ0v) is 16.8. The van der Waals surface area contributed by atoms with Crippen molar-refractivity contribution in [1.29, 1.82) is 0 Å². The number of aliphatic hydroxyl groups is 1. The number of aliphatic hydroxyl groups excluding tert-OH is 1. The molecule has 2 unspecified atom stereocenters. The first-order chi connectivity index (χ1) is 13.4. The van der Waals surface area contributed by atoms with Gasteiger partial charge in [0.2, 0.25) is 0 Å². The van der Waals surface area contributed by atoms with Gasteiger partial charge in [-0.15, -0.1) is 0 Å². The highest BCUT2D eigenvalue weighted by atomic mass is 16.5. The lowest BCUT2D eigenvalue weighted by atomic mass is 9.97. The van der Waals surface area contributed by atoms with Gasteiger partial charge < -0.3 is 9.84 Å². The summed E-state index contributed by atoms with van der Waals surface area (Å²) in [5.74, 6) is 0.0721. The van der Waals surface area contributed by atoms with Crippen molar-refractivity contribution in [2.75, 3.05) is 13.2 Å². The average Bonchev–Trinajstić information content (AvgIpc) is 3.01. The van der Waals surface area contributed by atoms with Crippen molar-refractivity contribution in [3.63, 3.8) is 0 Å². The van der Waals surface area contributed by atoms with Gasteiger partial charge in [-0.05, 0) is 33.3 Å². The van der Waals surface area contributed by atoms with Crippen molar-refractivity contribution in [1.82, 2.24) is 18.7 Å². The Labute approximate surface area is 162 Å². The van der Waals surface area contributed by atoms with Crippen LogP contribution in [0.4, 0.5) is 0 Å². The topological polar surface area (TPSA) is 104 Å². The minimum absolute atomic E-state index is 0.0565. The summed E-state index contributed by atoms with van der Waals surface area (Å²) in [6.07, 6.45) is 4.38. The van der Waals surface area contributed by atoms with E-state index in [1.54, 1.807) is 11.6 Å². The number of hydrogen-bond acceptors (Lipinski definition) is 6. The molecule has 152 valence electrons. The normalized spacial score (nSPS) is 19.2. The highest BCUT2D eigenvalue weighted by Gasteiger charge is 2.25. The maximum atomic E-state index is 13.1. The van der Waals surface area contributed by atoms with Gasteiger partial charge >= 0.3 is 5.69 Å². The summed E-state index contributed by atoms with van der Waals surface area (Å²) in [5.41, 5.74) is 0.723. The first-order valence-corrected chi connectivity index (χ1v) is 9.55. The Kier molecular flexibility index (Phi) is 5.83. The summed E-state index contributed by atoms with van der Waals surface area (Å²) < 4.78 is 9.93. The third kappa shape index (κ3) is 3.54. The van der Waals surface area contributed by atoms with Crippen LogP contribution in [0.1, 0.15) is 27.2 Å². The largest absolute Gasteiger partial charge is 0.465 e. The Balaban J connectivity index is 2.18. The molecule has 1 aliphatic heterocycles. The van der Waals surface area contributed by atoms with Crippen LogP contribution in [-0.4, -0.2) is 48.8 Å². The number of aromatic nitrogens is 4. The monoisotopic (exact) mass is 389 g/mol. The minimum atomic E-state index is -0.454. The molecule has 3 rings (SSSR count). The molecular formula is C19H27N5O4. The number of dihydropyridines is 1. The van der Waals surface area contributed by atoms with Gasteiger partial charge in [0.25, 0.3) is 11.6 Å². The SMILES string of the molecule is CCOc1nc2c(c(=O)n(CCCO)c(=O)n2C)n1CC1C=CC(C)=NC1C. The maximum Gasteiger partial charge on any atom is 0.332 e. The van der Waals surface area contributed by atoms with Crippen LogP contribution in [0.15, 0.2) is 26.7 Å². The fourth-order valence-electron chi connectivity index (χ4n) is 3.49. The minimum Gasteiger partial charge on any atom is -0.465 e. The van der Waals surface area contributed by atoms with Crippen LogP contribution >= 0.6 is 0 Å². The highest BCUT2D eigenvalue weighted by molar-refractivity contribution is 5.93. The van der Waals surface area contributed by atoms with Gasteiger partial charge in [-0.2, -0.15) is 4.98 Å². The highest BCUT2D eigenvalue weighted by Crippen LogP contribution is 2.24. The summed E-state index contributed by atoms with van der Waals surface area (Å²) in [6, 6.07) is 0.373. The maximum absolute atomic E-state index is 13.1. The molecule has 0 aliphatic carbocycles. The number of fused-ring (bicyclic) bond motifs is 1. The van der Waals surface area contributed by atoms with Gasteiger partial charge in [0.05, 0.1) is 12.6 Å². The Morgan fingerprint density at radius 1 is 1.29 bits per heavy atom. The summed E-state index contributed by atoms with van der Waals surface area (Å²) in [4.78, 5) is 34.8. The number of hydrogen-bond donors (Lipinski definition) is 1. The predicted octanol–water partition coefficient (Wildman–Crippen LogP) is 0.713. The van der Waals surface area contributed by atoms with Crippen molar-refractivity contribution < 1.29 is 9.84 Å². The van der Waals surface area contributed by atoms with Crippen LogP contribution in [0.2, 0.25) is 0 Å². The van der Waals surface area contributed by atoms with Gasteiger partial charge in [0.15, 0.2) is 11.2 Å². The van der Waals surface area contributed by atoms with Crippen LogP contribution in [0.3, 0.4) is 0 Å². The second-order valence-corrected chi connectivity index (χ2v) is 7.02. The molecule has 0 saturated heterocycles. The fraction of sp³-hybridized carbons (Fsp3) is 0.579. The van der Waals surface area contributed by atoms with Crippen molar-refractivity contribution in [2.45, 2.75) is 46.3 Å². The van der Waals surface area contributed by atoms with E-state index >= 15 is 0 Å². The van der Waals surface area contributed by atoms with E-state index in [9.17, 15) is 9.59 Å². The molecule has 2 aromatic rings. The van der Waals surface area contributed by atoms with E-state index in [-0.39, 0.29) is 25.1 Å². The molecule has 1 N–H and O–H groups in total. The lowest BCUT2D eigenvalue weighted by Crippen LogP contribution is -2.40. The van der Waals surface area contributed by atoms with E-state index < -0.39 is 11.2 Å². The zero-order valence-electron chi connectivity index (χ0n) is 16.8. The van der Waals surface area contributed by atoms with Crippen LogP contribution in [0, 0.1) is 5.92 Å². The van der Waals surface area contributed by atoms with E-state index in [4.69, 9.17) is 9.84 Å². The number of aliphatic imine (C=N–C) groups is 1. The Morgan fingerprint density at radius 3 is 2.68 bits per heavy atom. The Morgan fingerprint density at radius 2 is 2.04 bits per heavy atom. The predicted molar refractivity (Wildman–Crippen MR) is 107 cm³/mol. The number of ether oxygens (including phenoxy) is 1. The van der Waals surface area contributed by atoms with E-state index in [1.165, 1.54) is 4.57 Å². The molecule has 2 atom stereocenters. The molecule has 2 aromatic heterocycles. The second-order valence-electron chi connectivity index (χ2n) is 7.02. The van der Waals surface area contributed by atoms with Crippen LogP contribution in [0.25, 0.3) is 11.2 Å². The molecule has 9 nitrogen and oxygen atoms in total. The number of imidazole rings is 1. The molecule has 0 spiro atoms. The molecule has 0 bridgehead atoms. The number of rotatable bonds is 7. The lowest BCUT2D eigenvalue weighted by molar-refractivity contribution is 0.277. The number of nitrogens with zero attached hydrogens (tertiary/aromatic N) is 5. The van der Waals surface area contributed by atoms with Gasteiger partial charge in [-0.1, -0.05) is 6.08 Å². The second kappa shape index (κ2) is 8.14. The Hall–Kier alpha value is -2.68. The molecule has 0 fully saturated rings. The third-order valence-electron chi connectivity index (χ3n) is 5.02. The molecule has 3 heterocycles. The van der Waals surface area contributed by atoms with Crippen molar-refractivity contribution in [2.24, 2.45) is 18.0 Å². The molecule has 0 aromatic carbocycles.